The van der Waals surface area contributed by atoms with Crippen molar-refractivity contribution in [1.29, 1.82) is 5.26 Å². The van der Waals surface area contributed by atoms with Crippen molar-refractivity contribution in [1.82, 2.24) is 18.3 Å². The van der Waals surface area contributed by atoms with E-state index in [-0.39, 0.29) is 16.6 Å². The summed E-state index contributed by atoms with van der Waals surface area (Å²) in [5.74, 6) is 0. The second kappa shape index (κ2) is 17.1. The van der Waals surface area contributed by atoms with Gasteiger partial charge in [-0.2, -0.15) is 5.26 Å². The fourth-order valence-corrected chi connectivity index (χ4v) is 12.0. The van der Waals surface area contributed by atoms with E-state index in [1.807, 2.05) is 60.7 Å². The highest BCUT2D eigenvalue weighted by atomic mass is 16.3. The molecule has 0 fully saturated rings. The van der Waals surface area contributed by atoms with Gasteiger partial charge in [-0.05, 0) is 88.8 Å². The van der Waals surface area contributed by atoms with Crippen molar-refractivity contribution in [2.75, 3.05) is 0 Å². The average molecular weight is 1060 g/mol. The SMILES string of the molecule is [2H]c1c([2H])c([2H])c2c(c1[2H])c1c([2H])c([2H])c([2H])c([2H])c1n2-c1c(C#N)c(-n2c3c([2H])c([2H])c([2H])c([2H])c3c3c([2H])c([2H])c([2H])c([2H])c32)c(-n2c3ccc(-c4ccccc4-c4ccccc4)cc3c3ccc4oc5ccccc5c4c32)c(-n2c3c([2H])c([2H])c([2H])c([2H])c3c3c([2H])c([2H])c([2H])c([2H])c32)c1[N+]#[C-]. The zero-order valence-electron chi connectivity index (χ0n) is 65.5. The highest BCUT2D eigenvalue weighted by Crippen LogP contribution is 2.53. The van der Waals surface area contributed by atoms with E-state index >= 15 is 0 Å². The van der Waals surface area contributed by atoms with Crippen molar-refractivity contribution >= 4 is 115 Å². The summed E-state index contributed by atoms with van der Waals surface area (Å²) < 4.78 is 241. The van der Waals surface area contributed by atoms with Gasteiger partial charge in [-0.25, -0.2) is 4.85 Å². The molecule has 17 rings (SSSR count). The molecule has 0 aliphatic rings. The van der Waals surface area contributed by atoms with Crippen molar-refractivity contribution in [2.24, 2.45) is 0 Å². The van der Waals surface area contributed by atoms with Crippen LogP contribution in [0, 0.1) is 17.9 Å². The molecule has 0 amide bonds. The molecule has 0 N–H and O–H groups in total. The van der Waals surface area contributed by atoms with E-state index in [9.17, 15) is 42.0 Å². The van der Waals surface area contributed by atoms with Crippen LogP contribution in [0.2, 0.25) is 0 Å². The Bertz CT molecular complexity index is 6680. The topological polar surface area (TPSA) is 61.0 Å². The molecule has 0 bridgehead atoms. The second-order valence-corrected chi connectivity index (χ2v) is 19.1. The van der Waals surface area contributed by atoms with Crippen LogP contribution in [-0.4, -0.2) is 18.3 Å². The largest absolute Gasteiger partial charge is 0.456 e. The van der Waals surface area contributed by atoms with Crippen molar-refractivity contribution in [3.63, 3.8) is 0 Å². The van der Waals surface area contributed by atoms with E-state index < -0.39 is 244 Å². The van der Waals surface area contributed by atoms with Gasteiger partial charge in [0.05, 0.1) is 117 Å². The molecule has 0 radical (unpaired) electrons. The summed E-state index contributed by atoms with van der Waals surface area (Å²) in [4.78, 5) is 4.28. The monoisotopic (exact) mass is 1050 g/mol. The summed E-state index contributed by atoms with van der Waals surface area (Å²) in [5, 5.41) is 11.1. The number of aromatic nitrogens is 4. The van der Waals surface area contributed by atoms with E-state index in [1.165, 1.54) is 4.57 Å². The first kappa shape index (κ1) is 27.3. The predicted molar refractivity (Wildman–Crippen MR) is 333 cm³/mol. The number of furan rings is 1. The Kier molecular flexibility index (Phi) is 5.75. The fourth-order valence-electron chi connectivity index (χ4n) is 12.0. The van der Waals surface area contributed by atoms with Crippen LogP contribution in [0.15, 0.2) is 259 Å². The van der Waals surface area contributed by atoms with Gasteiger partial charge in [-0.15, -0.1) is 0 Å². The minimum absolute atomic E-state index is 0.116. The molecule has 12 aromatic carbocycles. The number of nitrogens with zero attached hydrogens (tertiary/aromatic N) is 6. The number of benzene rings is 12. The Hall–Kier alpha value is -11.4. The minimum Gasteiger partial charge on any atom is -0.456 e. The maximum atomic E-state index is 13.1. The van der Waals surface area contributed by atoms with Gasteiger partial charge in [0.1, 0.15) is 17.2 Å². The van der Waals surface area contributed by atoms with E-state index in [1.54, 1.807) is 48.5 Å². The standard InChI is InChI=1S/C74H42N6O/c1-76-69-71(77-59-32-14-7-25-49(59)50-26-8-15-33-60(50)77)58(44-75)72(78-61-34-16-9-27-51(61)52-28-10-17-35-62(52)78)74(73(69)79-63-36-18-11-29-53(63)54-30-12-19-37-64(54)79)80-65-41-39-46(48-24-6-5-23-47(48)45-21-3-2-4-22-45)43-57(65)55-40-42-67-68(70(55)80)56-31-13-20-38-66(56)81-67/h2-43H/i7D,8D,9D,10D,11D,12D,14D,15D,16D,17D,18D,19D,25D,26D,27D,28D,29D,30D,32D,33D,34D,35D,36D,37D. The van der Waals surface area contributed by atoms with Gasteiger partial charge in [-0.1, -0.05) is 188 Å². The van der Waals surface area contributed by atoms with Crippen LogP contribution in [0.25, 0.3) is 159 Å². The third kappa shape index (κ3) is 6.15. The number of para-hydroxylation sites is 7. The zero-order valence-corrected chi connectivity index (χ0v) is 41.5. The maximum absolute atomic E-state index is 13.1. The van der Waals surface area contributed by atoms with Crippen LogP contribution in [0.4, 0.5) is 5.69 Å². The minimum atomic E-state index is -0.970. The Morgan fingerprint density at radius 2 is 0.852 bits per heavy atom. The van der Waals surface area contributed by atoms with Crippen molar-refractivity contribution in [2.45, 2.75) is 0 Å². The summed E-state index contributed by atoms with van der Waals surface area (Å²) in [7, 11) is 0. The Morgan fingerprint density at radius 3 is 1.38 bits per heavy atom. The quantitative estimate of drug-likeness (QED) is 0.156. The molecule has 0 spiro atoms. The van der Waals surface area contributed by atoms with Gasteiger partial charge in [0.2, 0.25) is 5.69 Å². The lowest BCUT2D eigenvalue weighted by molar-refractivity contribution is 0.669. The van der Waals surface area contributed by atoms with Gasteiger partial charge >= 0.3 is 0 Å². The third-order valence-electron chi connectivity index (χ3n) is 15.2. The van der Waals surface area contributed by atoms with Crippen molar-refractivity contribution < 1.29 is 37.3 Å². The van der Waals surface area contributed by atoms with Crippen LogP contribution in [-0.2, 0) is 0 Å². The Balaban J connectivity index is 1.29. The van der Waals surface area contributed by atoms with E-state index in [2.05, 4.69) is 10.9 Å². The average Bonchev–Trinajstić information content (AvgIpc) is 1.53. The molecule has 7 nitrogen and oxygen atoms in total. The summed E-state index contributed by atoms with van der Waals surface area (Å²) in [5.41, 5.74) is -5.26. The molecule has 81 heavy (non-hydrogen) atoms. The predicted octanol–water partition coefficient (Wildman–Crippen LogP) is 19.7. The lowest BCUT2D eigenvalue weighted by atomic mass is 9.94. The third-order valence-corrected chi connectivity index (χ3v) is 15.2. The van der Waals surface area contributed by atoms with Gasteiger partial charge in [0.25, 0.3) is 0 Å². The molecule has 0 saturated heterocycles. The molecule has 5 aromatic heterocycles. The molecule has 374 valence electrons. The van der Waals surface area contributed by atoms with Crippen LogP contribution < -0.4 is 0 Å². The summed E-state index contributed by atoms with van der Waals surface area (Å²) >= 11 is 0. The molecule has 5 heterocycles. The Morgan fingerprint density at radius 1 is 0.383 bits per heavy atom. The van der Waals surface area contributed by atoms with Crippen LogP contribution in [0.5, 0.6) is 0 Å². The van der Waals surface area contributed by atoms with Gasteiger partial charge in [0.15, 0.2) is 0 Å². The highest BCUT2D eigenvalue weighted by molar-refractivity contribution is 6.26. The number of rotatable bonds is 6. The summed E-state index contributed by atoms with van der Waals surface area (Å²) in [6, 6.07) is 12.8. The highest BCUT2D eigenvalue weighted by Gasteiger charge is 2.35. The number of hydrogen-bond donors (Lipinski definition) is 0. The first-order valence-corrected chi connectivity index (χ1v) is 25.2. The normalized spacial score (nSPS) is 16.1. The van der Waals surface area contributed by atoms with Crippen molar-refractivity contribution in [3.8, 4) is 51.1 Å². The van der Waals surface area contributed by atoms with Crippen molar-refractivity contribution in [3.05, 3.63) is 271 Å². The first-order chi connectivity index (χ1) is 50.1. The fraction of sp³-hybridized carbons (Fsp3) is 0. The maximum Gasteiger partial charge on any atom is 0.237 e. The molecular weight excluding hydrogens is 989 g/mol. The molecule has 0 aliphatic carbocycles. The zero-order chi connectivity index (χ0) is 74.3. The lowest BCUT2D eigenvalue weighted by Crippen LogP contribution is -2.14. The molecule has 7 heteroatoms. The molecule has 0 atom stereocenters. The number of fused-ring (bicyclic) bond motifs is 16. The van der Waals surface area contributed by atoms with E-state index in [0.717, 1.165) is 30.4 Å². The van der Waals surface area contributed by atoms with Gasteiger partial charge in [-0.3, -0.25) is 0 Å². The second-order valence-electron chi connectivity index (χ2n) is 19.1. The van der Waals surface area contributed by atoms with Crippen LogP contribution in [0.3, 0.4) is 0 Å². The Labute approximate surface area is 497 Å². The molecule has 0 saturated carbocycles. The van der Waals surface area contributed by atoms with E-state index in [0.29, 0.717) is 32.7 Å². The molecule has 0 unspecified atom stereocenters. The smallest absolute Gasteiger partial charge is 0.237 e. The van der Waals surface area contributed by atoms with Crippen LogP contribution in [0.1, 0.15) is 38.5 Å². The van der Waals surface area contributed by atoms with Gasteiger partial charge in [0, 0.05) is 48.5 Å². The van der Waals surface area contributed by atoms with Crippen LogP contribution >= 0.6 is 0 Å². The lowest BCUT2D eigenvalue weighted by Gasteiger charge is -2.27. The first-order valence-electron chi connectivity index (χ1n) is 37.2. The number of hydrogen-bond acceptors (Lipinski definition) is 2. The summed E-state index contributed by atoms with van der Waals surface area (Å²) in [6.07, 6.45) is 0. The van der Waals surface area contributed by atoms with Gasteiger partial charge < -0.3 is 22.7 Å². The van der Waals surface area contributed by atoms with E-state index in [4.69, 9.17) is 7.16 Å². The number of nitriles is 1. The molecular formula is C74H42N6O. The molecule has 0 aliphatic heterocycles. The summed E-state index contributed by atoms with van der Waals surface area (Å²) in [6.45, 7) is 9.99. The molecule has 17 aromatic rings.